The van der Waals surface area contributed by atoms with Crippen LogP contribution in [0.25, 0.3) is 10.9 Å². The molecule has 130 valence electrons. The third kappa shape index (κ3) is 3.50. The number of alkyl halides is 3. The number of fused-ring (bicyclic) bond motifs is 1. The van der Waals surface area contributed by atoms with Gasteiger partial charge in [-0.1, -0.05) is 6.07 Å². The van der Waals surface area contributed by atoms with Crippen LogP contribution in [0.1, 0.15) is 27.2 Å². The Bertz CT molecular complexity index is 944. The Morgan fingerprint density at radius 1 is 1.12 bits per heavy atom. The highest BCUT2D eigenvalue weighted by Gasteiger charge is 2.31. The molecule has 0 amide bonds. The number of rotatable bonds is 3. The van der Waals surface area contributed by atoms with Gasteiger partial charge in [0.05, 0.1) is 18.2 Å². The molecule has 0 atom stereocenters. The number of aromatic amines is 1. The first kappa shape index (κ1) is 17.0. The van der Waals surface area contributed by atoms with Gasteiger partial charge in [-0.25, -0.2) is 9.18 Å². The topological polar surface area (TPSA) is 42.1 Å². The Hall–Kier alpha value is -2.83. The molecule has 7 heteroatoms. The summed E-state index contributed by atoms with van der Waals surface area (Å²) in [5.74, 6) is -1.39. The van der Waals surface area contributed by atoms with Crippen molar-refractivity contribution in [3.63, 3.8) is 0 Å². The second-order valence-electron chi connectivity index (χ2n) is 5.57. The van der Waals surface area contributed by atoms with E-state index in [2.05, 4.69) is 9.72 Å². The van der Waals surface area contributed by atoms with Gasteiger partial charge in [0.2, 0.25) is 0 Å². The molecule has 0 aliphatic heterocycles. The van der Waals surface area contributed by atoms with Gasteiger partial charge in [-0.05, 0) is 42.0 Å². The maximum Gasteiger partial charge on any atom is 0.416 e. The fourth-order valence-corrected chi connectivity index (χ4v) is 2.60. The van der Waals surface area contributed by atoms with Crippen LogP contribution in [0.3, 0.4) is 0 Å². The van der Waals surface area contributed by atoms with E-state index in [4.69, 9.17) is 0 Å². The highest BCUT2D eigenvalue weighted by Crippen LogP contribution is 2.30. The molecule has 1 aromatic heterocycles. The van der Waals surface area contributed by atoms with E-state index in [1.54, 1.807) is 24.3 Å². The highest BCUT2D eigenvalue weighted by atomic mass is 19.4. The zero-order valence-electron chi connectivity index (χ0n) is 13.1. The van der Waals surface area contributed by atoms with Crippen LogP contribution in [0.5, 0.6) is 0 Å². The molecule has 0 bridgehead atoms. The zero-order valence-corrected chi connectivity index (χ0v) is 13.1. The van der Waals surface area contributed by atoms with Crippen LogP contribution < -0.4 is 0 Å². The SMILES string of the molecule is COC(=O)c1ccc2[nH]c(Cc3ccc(C(F)(F)F)cc3F)cc2c1. The molecule has 2 aromatic carbocycles. The third-order valence-corrected chi connectivity index (χ3v) is 3.86. The molecule has 0 unspecified atom stereocenters. The number of esters is 1. The largest absolute Gasteiger partial charge is 0.465 e. The van der Waals surface area contributed by atoms with Gasteiger partial charge in [0.15, 0.2) is 0 Å². The summed E-state index contributed by atoms with van der Waals surface area (Å²) < 4.78 is 56.4. The molecule has 3 nitrogen and oxygen atoms in total. The van der Waals surface area contributed by atoms with Gasteiger partial charge in [-0.3, -0.25) is 0 Å². The Morgan fingerprint density at radius 2 is 1.88 bits per heavy atom. The number of halogens is 4. The molecule has 3 aromatic rings. The molecule has 25 heavy (non-hydrogen) atoms. The minimum Gasteiger partial charge on any atom is -0.465 e. The minimum absolute atomic E-state index is 0.103. The standard InChI is InChI=1S/C18H13F4NO2/c1-25-17(24)11-3-5-16-12(6-11)8-14(23-16)7-10-2-4-13(9-15(10)19)18(20,21)22/h2-6,8-9,23H,7H2,1H3. The van der Waals surface area contributed by atoms with E-state index in [9.17, 15) is 22.4 Å². The molecule has 0 fully saturated rings. The number of hydrogen-bond acceptors (Lipinski definition) is 2. The van der Waals surface area contributed by atoms with Gasteiger partial charge >= 0.3 is 12.1 Å². The summed E-state index contributed by atoms with van der Waals surface area (Å²) in [7, 11) is 1.28. The van der Waals surface area contributed by atoms with Crippen LogP contribution in [-0.4, -0.2) is 18.1 Å². The Morgan fingerprint density at radius 3 is 2.52 bits per heavy atom. The van der Waals surface area contributed by atoms with E-state index in [0.717, 1.165) is 23.0 Å². The molecule has 0 radical (unpaired) electrons. The van der Waals surface area contributed by atoms with E-state index in [1.165, 1.54) is 7.11 Å². The Kier molecular flexibility index (Phi) is 4.24. The smallest absolute Gasteiger partial charge is 0.416 e. The molecule has 0 aliphatic carbocycles. The second-order valence-corrected chi connectivity index (χ2v) is 5.57. The first-order valence-corrected chi connectivity index (χ1v) is 7.33. The van der Waals surface area contributed by atoms with Gasteiger partial charge in [0.1, 0.15) is 5.82 Å². The van der Waals surface area contributed by atoms with Gasteiger partial charge in [-0.2, -0.15) is 13.2 Å². The molecule has 0 saturated carbocycles. The lowest BCUT2D eigenvalue weighted by molar-refractivity contribution is -0.137. The Labute approximate surface area is 140 Å². The molecule has 3 rings (SSSR count). The summed E-state index contributed by atoms with van der Waals surface area (Å²) in [4.78, 5) is 14.6. The summed E-state index contributed by atoms with van der Waals surface area (Å²) in [5.41, 5.74) is 0.854. The third-order valence-electron chi connectivity index (χ3n) is 3.86. The fraction of sp³-hybridized carbons (Fsp3) is 0.167. The predicted molar refractivity (Wildman–Crippen MR) is 83.8 cm³/mol. The van der Waals surface area contributed by atoms with Crippen molar-refractivity contribution in [1.82, 2.24) is 4.98 Å². The first-order chi connectivity index (χ1) is 11.8. The normalized spacial score (nSPS) is 11.7. The number of ether oxygens (including phenoxy) is 1. The fourth-order valence-electron chi connectivity index (χ4n) is 2.60. The van der Waals surface area contributed by atoms with E-state index in [1.807, 2.05) is 0 Å². The molecular weight excluding hydrogens is 338 g/mol. The van der Waals surface area contributed by atoms with Crippen LogP contribution in [0.4, 0.5) is 17.6 Å². The van der Waals surface area contributed by atoms with Gasteiger partial charge in [0.25, 0.3) is 0 Å². The lowest BCUT2D eigenvalue weighted by atomic mass is 10.1. The van der Waals surface area contributed by atoms with Crippen molar-refractivity contribution in [2.75, 3.05) is 7.11 Å². The summed E-state index contributed by atoms with van der Waals surface area (Å²) in [6.45, 7) is 0. The lowest BCUT2D eigenvalue weighted by Crippen LogP contribution is -2.06. The first-order valence-electron chi connectivity index (χ1n) is 7.33. The summed E-state index contributed by atoms with van der Waals surface area (Å²) in [5, 5.41) is 0.727. The van der Waals surface area contributed by atoms with Gasteiger partial charge in [-0.15, -0.1) is 0 Å². The summed E-state index contributed by atoms with van der Waals surface area (Å²) in [6.07, 6.45) is -4.48. The average molecular weight is 351 g/mol. The number of carbonyl (C=O) groups is 1. The minimum atomic E-state index is -4.58. The Balaban J connectivity index is 1.89. The van der Waals surface area contributed by atoms with Crippen LogP contribution >= 0.6 is 0 Å². The number of hydrogen-bond donors (Lipinski definition) is 1. The van der Waals surface area contributed by atoms with E-state index < -0.39 is 23.5 Å². The second kappa shape index (κ2) is 6.23. The van der Waals surface area contributed by atoms with Crippen molar-refractivity contribution < 1.29 is 27.1 Å². The quantitative estimate of drug-likeness (QED) is 0.549. The molecular formula is C18H13F4NO2. The van der Waals surface area contributed by atoms with Crippen molar-refractivity contribution in [2.45, 2.75) is 12.6 Å². The highest BCUT2D eigenvalue weighted by molar-refractivity contribution is 5.94. The lowest BCUT2D eigenvalue weighted by Gasteiger charge is -2.08. The van der Waals surface area contributed by atoms with Crippen molar-refractivity contribution in [3.8, 4) is 0 Å². The number of aromatic nitrogens is 1. The van der Waals surface area contributed by atoms with Crippen molar-refractivity contribution in [3.05, 3.63) is 70.7 Å². The predicted octanol–water partition coefficient (Wildman–Crippen LogP) is 4.70. The van der Waals surface area contributed by atoms with Crippen LogP contribution in [0.2, 0.25) is 0 Å². The van der Waals surface area contributed by atoms with Crippen molar-refractivity contribution >= 4 is 16.9 Å². The van der Waals surface area contributed by atoms with Gasteiger partial charge in [0, 0.05) is 23.0 Å². The van der Waals surface area contributed by atoms with E-state index in [0.29, 0.717) is 17.3 Å². The molecule has 0 saturated heterocycles. The number of nitrogens with one attached hydrogen (secondary N) is 1. The summed E-state index contributed by atoms with van der Waals surface area (Å²) >= 11 is 0. The monoisotopic (exact) mass is 351 g/mol. The average Bonchev–Trinajstić information content (AvgIpc) is 2.96. The molecule has 1 heterocycles. The van der Waals surface area contributed by atoms with Crippen molar-refractivity contribution in [1.29, 1.82) is 0 Å². The maximum atomic E-state index is 14.0. The maximum absolute atomic E-state index is 14.0. The van der Waals surface area contributed by atoms with Gasteiger partial charge < -0.3 is 9.72 Å². The number of benzene rings is 2. The zero-order chi connectivity index (χ0) is 18.2. The van der Waals surface area contributed by atoms with E-state index >= 15 is 0 Å². The number of H-pyrrole nitrogens is 1. The van der Waals surface area contributed by atoms with Crippen LogP contribution in [0, 0.1) is 5.82 Å². The number of methoxy groups -OCH3 is 1. The molecule has 1 N–H and O–H groups in total. The molecule has 0 spiro atoms. The van der Waals surface area contributed by atoms with E-state index in [-0.39, 0.29) is 12.0 Å². The van der Waals surface area contributed by atoms with Crippen LogP contribution in [0.15, 0.2) is 42.5 Å². The van der Waals surface area contributed by atoms with Crippen LogP contribution in [-0.2, 0) is 17.3 Å². The summed E-state index contributed by atoms with van der Waals surface area (Å²) in [6, 6.07) is 9.11. The van der Waals surface area contributed by atoms with Crippen molar-refractivity contribution in [2.24, 2.45) is 0 Å². The molecule has 0 aliphatic rings. The number of carbonyl (C=O) groups excluding carboxylic acids is 1.